The normalized spacial score (nSPS) is 18.0. The van der Waals surface area contributed by atoms with Crippen LogP contribution in [0.3, 0.4) is 0 Å². The summed E-state index contributed by atoms with van der Waals surface area (Å²) in [6.45, 7) is 15.1. The van der Waals surface area contributed by atoms with Crippen LogP contribution in [0.4, 0.5) is 0 Å². The van der Waals surface area contributed by atoms with Crippen LogP contribution in [0, 0.1) is 0 Å². The van der Waals surface area contributed by atoms with E-state index in [1.165, 1.54) is 6.04 Å². The van der Waals surface area contributed by atoms with Crippen LogP contribution in [-0.4, -0.2) is 23.4 Å². The molecule has 0 aliphatic carbocycles. The second-order valence-electron chi connectivity index (χ2n) is 6.16. The van der Waals surface area contributed by atoms with Gasteiger partial charge in [-0.15, -0.1) is 4.72 Å². The first kappa shape index (κ1) is 14.5. The highest BCUT2D eigenvalue weighted by molar-refractivity contribution is 7.90. The van der Waals surface area contributed by atoms with Crippen LogP contribution in [0.2, 0.25) is 25.7 Å². The molecule has 0 aromatic heterocycles. The van der Waals surface area contributed by atoms with Gasteiger partial charge in [0.2, 0.25) is 0 Å². The van der Waals surface area contributed by atoms with Crippen molar-refractivity contribution in [3.8, 4) is 0 Å². The molecule has 0 saturated heterocycles. The van der Waals surface area contributed by atoms with Gasteiger partial charge >= 0.3 is 0 Å². The standard InChI is InChI=1S/C10H25NOSSi/c1-9(8-14(5,6)7)11-13(12)10(2,3)4/h9,11H,8H2,1-7H3/t9-,13?/m0/s1. The van der Waals surface area contributed by atoms with Crippen LogP contribution < -0.4 is 4.72 Å². The number of nitrogens with one attached hydrogen (secondary N) is 1. The topological polar surface area (TPSA) is 35.1 Å². The van der Waals surface area contributed by atoms with Gasteiger partial charge in [0, 0.05) is 25.5 Å². The van der Waals surface area contributed by atoms with Crippen molar-refractivity contribution in [2.24, 2.45) is 0 Å². The van der Waals surface area contributed by atoms with Gasteiger partial charge in [-0.05, 0) is 33.7 Å². The van der Waals surface area contributed by atoms with E-state index in [9.17, 15) is 4.55 Å². The molecule has 2 atom stereocenters. The average molecular weight is 235 g/mol. The van der Waals surface area contributed by atoms with Gasteiger partial charge in [-0.3, -0.25) is 0 Å². The summed E-state index contributed by atoms with van der Waals surface area (Å²) in [5.74, 6) is 0. The van der Waals surface area contributed by atoms with Gasteiger partial charge in [0.25, 0.3) is 0 Å². The molecule has 0 fully saturated rings. The summed E-state index contributed by atoms with van der Waals surface area (Å²) in [5.41, 5.74) is 0. The summed E-state index contributed by atoms with van der Waals surface area (Å²) in [6, 6.07) is 1.54. The summed E-state index contributed by atoms with van der Waals surface area (Å²) in [5, 5.41) is 0. The molecule has 0 saturated carbocycles. The third-order valence-corrected chi connectivity index (χ3v) is 5.35. The largest absolute Gasteiger partial charge is 0.598 e. The fraction of sp³-hybridized carbons (Fsp3) is 1.00. The minimum absolute atomic E-state index is 0.159. The molecule has 0 aromatic carbocycles. The first-order valence-corrected chi connectivity index (χ1v) is 10.1. The number of rotatable bonds is 4. The van der Waals surface area contributed by atoms with E-state index < -0.39 is 19.4 Å². The maximum absolute atomic E-state index is 11.8. The molecule has 0 amide bonds. The fourth-order valence-electron chi connectivity index (χ4n) is 1.32. The van der Waals surface area contributed by atoms with E-state index in [1.807, 2.05) is 20.8 Å². The SMILES string of the molecule is C[C@@H](C[Si](C)(C)C)N[S+]([O-])C(C)(C)C. The molecule has 0 aromatic rings. The third kappa shape index (κ3) is 6.87. The summed E-state index contributed by atoms with van der Waals surface area (Å²) in [6.07, 6.45) is 0. The summed E-state index contributed by atoms with van der Waals surface area (Å²) < 4.78 is 14.8. The van der Waals surface area contributed by atoms with E-state index >= 15 is 0 Å². The van der Waals surface area contributed by atoms with Crippen LogP contribution in [0.1, 0.15) is 27.7 Å². The fourth-order valence-corrected chi connectivity index (χ4v) is 4.21. The Morgan fingerprint density at radius 2 is 1.71 bits per heavy atom. The van der Waals surface area contributed by atoms with Gasteiger partial charge in [0.1, 0.15) is 4.75 Å². The predicted octanol–water partition coefficient (Wildman–Crippen LogP) is 2.76. The zero-order chi connectivity index (χ0) is 11.6. The molecule has 4 heteroatoms. The Bertz CT molecular complexity index is 174. The first-order valence-electron chi connectivity index (χ1n) is 5.20. The molecule has 0 radical (unpaired) electrons. The molecule has 0 heterocycles. The molecular formula is C10H25NOSSi. The zero-order valence-corrected chi connectivity index (χ0v) is 12.4. The number of hydrogen-bond donors (Lipinski definition) is 1. The van der Waals surface area contributed by atoms with Gasteiger partial charge in [-0.1, -0.05) is 19.6 Å². The van der Waals surface area contributed by atoms with Crippen LogP contribution in [0.15, 0.2) is 0 Å². The summed E-state index contributed by atoms with van der Waals surface area (Å²) >= 11 is -0.930. The minimum atomic E-state index is -1.04. The summed E-state index contributed by atoms with van der Waals surface area (Å²) in [7, 11) is -1.04. The Hall–Kier alpha value is 0.487. The first-order chi connectivity index (χ1) is 6.02. The highest BCUT2D eigenvalue weighted by atomic mass is 32.2. The Kier molecular flexibility index (Phi) is 5.18. The smallest absolute Gasteiger partial charge is 0.136 e. The lowest BCUT2D eigenvalue weighted by Crippen LogP contribution is -2.45. The Morgan fingerprint density at radius 1 is 1.29 bits per heavy atom. The highest BCUT2D eigenvalue weighted by Gasteiger charge is 2.29. The van der Waals surface area contributed by atoms with E-state index in [2.05, 4.69) is 31.3 Å². The van der Waals surface area contributed by atoms with E-state index in [4.69, 9.17) is 0 Å². The molecule has 86 valence electrons. The maximum atomic E-state index is 11.8. The maximum Gasteiger partial charge on any atom is 0.136 e. The van der Waals surface area contributed by atoms with Crippen molar-refractivity contribution in [3.05, 3.63) is 0 Å². The highest BCUT2D eigenvalue weighted by Crippen LogP contribution is 2.17. The lowest BCUT2D eigenvalue weighted by molar-refractivity contribution is 0.533. The Balaban J connectivity index is 4.01. The number of hydrogen-bond acceptors (Lipinski definition) is 2. The minimum Gasteiger partial charge on any atom is -0.598 e. The second-order valence-corrected chi connectivity index (χ2v) is 13.7. The molecule has 0 rings (SSSR count). The van der Waals surface area contributed by atoms with E-state index in [0.29, 0.717) is 6.04 Å². The lowest BCUT2D eigenvalue weighted by atomic mass is 10.3. The Morgan fingerprint density at radius 3 is 2.00 bits per heavy atom. The van der Waals surface area contributed by atoms with Crippen LogP contribution in [-0.2, 0) is 11.4 Å². The lowest BCUT2D eigenvalue weighted by Gasteiger charge is -2.28. The van der Waals surface area contributed by atoms with Crippen molar-refractivity contribution in [3.63, 3.8) is 0 Å². The molecule has 1 N–H and O–H groups in total. The molecule has 0 aliphatic rings. The van der Waals surface area contributed by atoms with Crippen molar-refractivity contribution in [2.45, 2.75) is 64.2 Å². The molecule has 0 bridgehead atoms. The molecular weight excluding hydrogens is 210 g/mol. The predicted molar refractivity (Wildman–Crippen MR) is 68.6 cm³/mol. The van der Waals surface area contributed by atoms with Crippen molar-refractivity contribution in [1.29, 1.82) is 0 Å². The van der Waals surface area contributed by atoms with Crippen LogP contribution >= 0.6 is 0 Å². The molecule has 2 nitrogen and oxygen atoms in total. The van der Waals surface area contributed by atoms with Crippen molar-refractivity contribution < 1.29 is 4.55 Å². The van der Waals surface area contributed by atoms with Gasteiger partial charge in [0.05, 0.1) is 0 Å². The molecule has 1 unspecified atom stereocenters. The second kappa shape index (κ2) is 5.01. The van der Waals surface area contributed by atoms with E-state index in [0.717, 1.165) is 0 Å². The molecule has 14 heavy (non-hydrogen) atoms. The Labute approximate surface area is 93.2 Å². The van der Waals surface area contributed by atoms with Gasteiger partial charge in [-0.2, -0.15) is 0 Å². The molecule has 0 aliphatic heterocycles. The van der Waals surface area contributed by atoms with Crippen LogP contribution in [0.5, 0.6) is 0 Å². The molecule has 0 spiro atoms. The van der Waals surface area contributed by atoms with Gasteiger partial charge in [0.15, 0.2) is 0 Å². The van der Waals surface area contributed by atoms with E-state index in [1.54, 1.807) is 0 Å². The van der Waals surface area contributed by atoms with Crippen LogP contribution in [0.25, 0.3) is 0 Å². The van der Waals surface area contributed by atoms with Gasteiger partial charge < -0.3 is 4.55 Å². The van der Waals surface area contributed by atoms with E-state index in [-0.39, 0.29) is 4.75 Å². The van der Waals surface area contributed by atoms with Gasteiger partial charge in [-0.25, -0.2) is 0 Å². The van der Waals surface area contributed by atoms with Crippen molar-refractivity contribution in [1.82, 2.24) is 4.72 Å². The summed E-state index contributed by atoms with van der Waals surface area (Å²) in [4.78, 5) is 0. The van der Waals surface area contributed by atoms with Crippen molar-refractivity contribution in [2.75, 3.05) is 0 Å². The quantitative estimate of drug-likeness (QED) is 0.601. The zero-order valence-electron chi connectivity index (χ0n) is 10.6. The van der Waals surface area contributed by atoms with Crippen molar-refractivity contribution >= 4 is 19.4 Å². The third-order valence-electron chi connectivity index (χ3n) is 1.78. The average Bonchev–Trinajstić information content (AvgIpc) is 1.79. The monoisotopic (exact) mass is 235 g/mol.